The van der Waals surface area contributed by atoms with Gasteiger partial charge in [-0.05, 0) is 32.3 Å². The number of hydrogen-bond acceptors (Lipinski definition) is 4. The lowest BCUT2D eigenvalue weighted by Gasteiger charge is -2.06. The van der Waals surface area contributed by atoms with Gasteiger partial charge in [0.2, 0.25) is 0 Å². The smallest absolute Gasteiger partial charge is 0.280 e. The van der Waals surface area contributed by atoms with Gasteiger partial charge in [-0.25, -0.2) is 18.3 Å². The lowest BCUT2D eigenvalue weighted by molar-refractivity contribution is 0.0946. The second-order valence-electron chi connectivity index (χ2n) is 6.92. The first-order chi connectivity index (χ1) is 13.4. The summed E-state index contributed by atoms with van der Waals surface area (Å²) >= 11 is 5.96. The molecule has 3 aromatic rings. The Labute approximate surface area is 164 Å². The minimum atomic E-state index is -2.69. The van der Waals surface area contributed by atoms with E-state index in [0.717, 1.165) is 23.1 Å². The number of amides is 1. The van der Waals surface area contributed by atoms with Crippen LogP contribution in [0.15, 0.2) is 18.3 Å². The molecule has 0 aliphatic heterocycles. The lowest BCUT2D eigenvalue weighted by atomic mass is 10.2. The molecule has 0 saturated heterocycles. The number of fused-ring (bicyclic) bond motifs is 1. The summed E-state index contributed by atoms with van der Waals surface area (Å²) in [7, 11) is 0. The highest BCUT2D eigenvalue weighted by molar-refractivity contribution is 6.31. The molecule has 0 spiro atoms. The quantitative estimate of drug-likeness (QED) is 0.607. The molecular weight excluding hydrogens is 390 g/mol. The third-order valence-corrected chi connectivity index (χ3v) is 5.03. The minimum absolute atomic E-state index is 0.0697. The molecule has 0 unspecified atom stereocenters. The Kier molecular flexibility index (Phi) is 5.01. The highest BCUT2D eigenvalue weighted by atomic mass is 35.5. The summed E-state index contributed by atoms with van der Waals surface area (Å²) in [5.74, 6) is -0.192. The second kappa shape index (κ2) is 7.46. The molecule has 1 saturated carbocycles. The zero-order valence-electron chi connectivity index (χ0n) is 15.2. The van der Waals surface area contributed by atoms with Gasteiger partial charge >= 0.3 is 0 Å². The molecule has 1 amide bonds. The average Bonchev–Trinajstić information content (AvgIpc) is 3.34. The van der Waals surface area contributed by atoms with Crippen molar-refractivity contribution in [2.24, 2.45) is 0 Å². The molecule has 1 N–H and O–H groups in total. The third kappa shape index (κ3) is 3.84. The van der Waals surface area contributed by atoms with E-state index in [0.29, 0.717) is 30.2 Å². The molecule has 1 aliphatic rings. The summed E-state index contributed by atoms with van der Waals surface area (Å²) < 4.78 is 29.6. The molecule has 1 fully saturated rings. The van der Waals surface area contributed by atoms with Crippen molar-refractivity contribution in [1.29, 1.82) is 0 Å². The van der Waals surface area contributed by atoms with Gasteiger partial charge in [0.15, 0.2) is 11.3 Å². The molecule has 28 heavy (non-hydrogen) atoms. The number of hydrogen-bond donors (Lipinski definition) is 1. The zero-order chi connectivity index (χ0) is 19.8. The number of carbonyl (C=O) groups is 1. The Morgan fingerprint density at radius 2 is 2.14 bits per heavy atom. The predicted molar refractivity (Wildman–Crippen MR) is 98.8 cm³/mol. The van der Waals surface area contributed by atoms with Crippen molar-refractivity contribution < 1.29 is 13.6 Å². The van der Waals surface area contributed by atoms with Crippen molar-refractivity contribution in [3.8, 4) is 0 Å². The average molecular weight is 409 g/mol. The van der Waals surface area contributed by atoms with Crippen LogP contribution in [0.1, 0.15) is 59.2 Å². The first-order valence-corrected chi connectivity index (χ1v) is 9.46. The van der Waals surface area contributed by atoms with Crippen LogP contribution in [0, 0.1) is 6.92 Å². The van der Waals surface area contributed by atoms with E-state index in [1.54, 1.807) is 10.9 Å². The molecule has 10 heteroatoms. The summed E-state index contributed by atoms with van der Waals surface area (Å²) in [6, 6.07) is 2.84. The standard InChI is InChI=1S/C18H19ClF2N6O/c1-10-12(19)9-26(24-10)6-2-5-22-18(28)14-8-16-23-13(11-3-4-11)7-15(17(20)21)27(16)25-14/h7-9,11,17H,2-6H2,1H3,(H,22,28). The van der Waals surface area contributed by atoms with Gasteiger partial charge in [0.1, 0.15) is 5.69 Å². The van der Waals surface area contributed by atoms with Crippen molar-refractivity contribution in [3.05, 3.63) is 46.1 Å². The highest BCUT2D eigenvalue weighted by Crippen LogP contribution is 2.40. The molecule has 3 aromatic heterocycles. The van der Waals surface area contributed by atoms with Crippen LogP contribution in [0.2, 0.25) is 5.02 Å². The van der Waals surface area contributed by atoms with Crippen LogP contribution >= 0.6 is 11.6 Å². The van der Waals surface area contributed by atoms with Gasteiger partial charge in [0.25, 0.3) is 12.3 Å². The molecule has 7 nitrogen and oxygen atoms in total. The summed E-state index contributed by atoms with van der Waals surface area (Å²) in [5.41, 5.74) is 1.50. The molecule has 0 radical (unpaired) electrons. The molecular formula is C18H19ClF2N6O. The minimum Gasteiger partial charge on any atom is -0.351 e. The Hall–Kier alpha value is -2.55. The van der Waals surface area contributed by atoms with Crippen LogP contribution in [-0.2, 0) is 6.54 Å². The fourth-order valence-electron chi connectivity index (χ4n) is 3.01. The number of carbonyl (C=O) groups excluding carboxylic acids is 1. The van der Waals surface area contributed by atoms with Crippen LogP contribution in [-0.4, -0.2) is 36.8 Å². The number of halogens is 3. The maximum Gasteiger partial charge on any atom is 0.280 e. The van der Waals surface area contributed by atoms with E-state index < -0.39 is 12.3 Å². The number of aromatic nitrogens is 5. The van der Waals surface area contributed by atoms with E-state index in [4.69, 9.17) is 11.6 Å². The van der Waals surface area contributed by atoms with Crippen molar-refractivity contribution >= 4 is 23.2 Å². The molecule has 0 atom stereocenters. The maximum atomic E-state index is 13.4. The summed E-state index contributed by atoms with van der Waals surface area (Å²) in [6.07, 6.45) is 1.59. The molecule has 1 aliphatic carbocycles. The number of alkyl halides is 2. The van der Waals surface area contributed by atoms with Gasteiger partial charge in [-0.2, -0.15) is 10.2 Å². The number of aryl methyl sites for hydroxylation is 2. The topological polar surface area (TPSA) is 77.1 Å². The van der Waals surface area contributed by atoms with Crippen LogP contribution in [0.4, 0.5) is 8.78 Å². The Bertz CT molecular complexity index is 1010. The van der Waals surface area contributed by atoms with Crippen LogP contribution in [0.25, 0.3) is 5.65 Å². The fraction of sp³-hybridized carbons (Fsp3) is 0.444. The van der Waals surface area contributed by atoms with Crippen LogP contribution in [0.5, 0.6) is 0 Å². The monoisotopic (exact) mass is 408 g/mol. The van der Waals surface area contributed by atoms with E-state index in [1.807, 2.05) is 6.92 Å². The van der Waals surface area contributed by atoms with Gasteiger partial charge in [-0.15, -0.1) is 0 Å². The zero-order valence-corrected chi connectivity index (χ0v) is 16.0. The molecule has 4 rings (SSSR count). The third-order valence-electron chi connectivity index (χ3n) is 4.66. The van der Waals surface area contributed by atoms with E-state index in [1.165, 1.54) is 12.1 Å². The lowest BCUT2D eigenvalue weighted by Crippen LogP contribution is -2.25. The van der Waals surface area contributed by atoms with Gasteiger partial charge in [-0.1, -0.05) is 11.6 Å². The van der Waals surface area contributed by atoms with E-state index >= 15 is 0 Å². The van der Waals surface area contributed by atoms with Gasteiger partial charge < -0.3 is 5.32 Å². The van der Waals surface area contributed by atoms with Crippen LogP contribution < -0.4 is 5.32 Å². The summed E-state index contributed by atoms with van der Waals surface area (Å²) in [6.45, 7) is 2.81. The first-order valence-electron chi connectivity index (χ1n) is 9.09. The normalized spacial score (nSPS) is 14.2. The molecule has 148 valence electrons. The Morgan fingerprint density at radius 1 is 1.36 bits per heavy atom. The second-order valence-corrected chi connectivity index (χ2v) is 7.32. The van der Waals surface area contributed by atoms with Crippen molar-refractivity contribution in [3.63, 3.8) is 0 Å². The first kappa shape index (κ1) is 18.8. The SMILES string of the molecule is Cc1nn(CCCNC(=O)c2cc3nc(C4CC4)cc(C(F)F)n3n2)cc1Cl. The van der Waals surface area contributed by atoms with Crippen molar-refractivity contribution in [2.75, 3.05) is 6.54 Å². The van der Waals surface area contributed by atoms with Crippen molar-refractivity contribution in [2.45, 2.75) is 45.1 Å². The largest absolute Gasteiger partial charge is 0.351 e. The van der Waals surface area contributed by atoms with E-state index in [2.05, 4.69) is 20.5 Å². The fourth-order valence-corrected chi connectivity index (χ4v) is 3.16. The molecule has 3 heterocycles. The predicted octanol–water partition coefficient (Wildman–Crippen LogP) is 3.52. The number of nitrogens with zero attached hydrogens (tertiary/aromatic N) is 5. The molecule has 0 aromatic carbocycles. The van der Waals surface area contributed by atoms with Crippen molar-refractivity contribution in [1.82, 2.24) is 29.7 Å². The van der Waals surface area contributed by atoms with Gasteiger partial charge in [-0.3, -0.25) is 9.48 Å². The summed E-state index contributed by atoms with van der Waals surface area (Å²) in [4.78, 5) is 16.7. The van der Waals surface area contributed by atoms with Crippen LogP contribution in [0.3, 0.4) is 0 Å². The highest BCUT2D eigenvalue weighted by Gasteiger charge is 2.28. The maximum absolute atomic E-state index is 13.4. The Balaban J connectivity index is 1.43. The van der Waals surface area contributed by atoms with Gasteiger partial charge in [0.05, 0.1) is 10.7 Å². The number of rotatable bonds is 7. The summed E-state index contributed by atoms with van der Waals surface area (Å²) in [5, 5.41) is 11.6. The molecule has 0 bridgehead atoms. The Morgan fingerprint density at radius 3 is 2.79 bits per heavy atom. The van der Waals surface area contributed by atoms with Gasteiger partial charge in [0, 0.05) is 37.0 Å². The van der Waals surface area contributed by atoms with E-state index in [-0.39, 0.29) is 23.0 Å². The van der Waals surface area contributed by atoms with E-state index in [9.17, 15) is 13.6 Å². The number of nitrogens with one attached hydrogen (secondary N) is 1.